The second-order valence-corrected chi connectivity index (χ2v) is 8.39. The number of aryl methyl sites for hydroxylation is 1. The molecule has 1 aliphatic heterocycles. The van der Waals surface area contributed by atoms with Crippen LogP contribution in [0.1, 0.15) is 22.5 Å². The third-order valence-electron chi connectivity index (χ3n) is 4.00. The second-order valence-electron chi connectivity index (χ2n) is 6.16. The van der Waals surface area contributed by atoms with Gasteiger partial charge in [0, 0.05) is 23.5 Å². The summed E-state index contributed by atoms with van der Waals surface area (Å²) in [5.74, 6) is 0.883. The molecule has 0 bridgehead atoms. The third-order valence-corrected chi connectivity index (χ3v) is 5.77. The molecule has 1 aliphatic rings. The standard InChI is InChI=1S/C17H20N4O4S/c1-11-9-15(19-14-7-8-26(23,24)10-14)21-17(18-11)20-13-5-3-12(4-6-13)16(22)25-2/h3-6,9,14H,7-8,10H2,1-2H3,(H2,18,19,20,21). The van der Waals surface area contributed by atoms with Crippen molar-refractivity contribution < 1.29 is 17.9 Å². The van der Waals surface area contributed by atoms with Gasteiger partial charge < -0.3 is 15.4 Å². The van der Waals surface area contributed by atoms with Gasteiger partial charge in [-0.05, 0) is 37.6 Å². The van der Waals surface area contributed by atoms with Gasteiger partial charge in [-0.2, -0.15) is 4.98 Å². The summed E-state index contributed by atoms with van der Waals surface area (Å²) < 4.78 is 27.8. The van der Waals surface area contributed by atoms with Gasteiger partial charge in [0.05, 0.1) is 24.2 Å². The second kappa shape index (κ2) is 7.28. The summed E-state index contributed by atoms with van der Waals surface area (Å²) in [6.45, 7) is 1.84. The van der Waals surface area contributed by atoms with Crippen molar-refractivity contribution in [2.45, 2.75) is 19.4 Å². The Morgan fingerprint density at radius 3 is 2.58 bits per heavy atom. The molecule has 138 valence electrons. The smallest absolute Gasteiger partial charge is 0.337 e. The van der Waals surface area contributed by atoms with Crippen molar-refractivity contribution in [1.82, 2.24) is 9.97 Å². The minimum Gasteiger partial charge on any atom is -0.465 e. The highest BCUT2D eigenvalue weighted by molar-refractivity contribution is 7.91. The van der Waals surface area contributed by atoms with Crippen LogP contribution in [-0.2, 0) is 14.6 Å². The monoisotopic (exact) mass is 376 g/mol. The Bertz CT molecular complexity index is 913. The largest absolute Gasteiger partial charge is 0.465 e. The van der Waals surface area contributed by atoms with Gasteiger partial charge in [-0.25, -0.2) is 18.2 Å². The highest BCUT2D eigenvalue weighted by Crippen LogP contribution is 2.20. The predicted octanol–water partition coefficient (Wildman–Crippen LogP) is 1.91. The van der Waals surface area contributed by atoms with Gasteiger partial charge in [0.25, 0.3) is 0 Å². The van der Waals surface area contributed by atoms with Crippen LogP contribution in [0.4, 0.5) is 17.5 Å². The number of nitrogens with one attached hydrogen (secondary N) is 2. The first-order chi connectivity index (χ1) is 12.3. The van der Waals surface area contributed by atoms with Gasteiger partial charge in [-0.3, -0.25) is 0 Å². The lowest BCUT2D eigenvalue weighted by atomic mass is 10.2. The van der Waals surface area contributed by atoms with Gasteiger partial charge >= 0.3 is 5.97 Å². The summed E-state index contributed by atoms with van der Waals surface area (Å²) in [5.41, 5.74) is 1.92. The number of esters is 1. The van der Waals surface area contributed by atoms with Crippen molar-refractivity contribution in [2.24, 2.45) is 0 Å². The van der Waals surface area contributed by atoms with Crippen molar-refractivity contribution in [2.75, 3.05) is 29.2 Å². The number of anilines is 3. The number of carbonyl (C=O) groups excluding carboxylic acids is 1. The van der Waals surface area contributed by atoms with Crippen LogP contribution in [0.15, 0.2) is 30.3 Å². The quantitative estimate of drug-likeness (QED) is 0.762. The van der Waals surface area contributed by atoms with E-state index in [2.05, 4.69) is 25.3 Å². The van der Waals surface area contributed by atoms with Crippen molar-refractivity contribution in [3.63, 3.8) is 0 Å². The maximum Gasteiger partial charge on any atom is 0.337 e. The molecule has 3 rings (SSSR count). The van der Waals surface area contributed by atoms with Crippen molar-refractivity contribution in [3.8, 4) is 0 Å². The molecule has 9 heteroatoms. The summed E-state index contributed by atoms with van der Waals surface area (Å²) in [4.78, 5) is 20.2. The Morgan fingerprint density at radius 1 is 1.23 bits per heavy atom. The minimum atomic E-state index is -2.96. The number of nitrogens with zero attached hydrogens (tertiary/aromatic N) is 2. The molecular weight excluding hydrogens is 356 g/mol. The lowest BCUT2D eigenvalue weighted by Crippen LogP contribution is -2.21. The number of sulfone groups is 1. The molecule has 2 N–H and O–H groups in total. The zero-order valence-corrected chi connectivity index (χ0v) is 15.3. The molecule has 0 aliphatic carbocycles. The third kappa shape index (κ3) is 4.48. The first kappa shape index (κ1) is 18.1. The molecule has 8 nitrogen and oxygen atoms in total. The number of hydrogen-bond donors (Lipinski definition) is 2. The van der Waals surface area contributed by atoms with Gasteiger partial charge in [0.1, 0.15) is 5.82 Å². The van der Waals surface area contributed by atoms with Crippen LogP contribution in [-0.4, -0.2) is 49.0 Å². The molecule has 1 saturated heterocycles. The number of ether oxygens (including phenoxy) is 1. The first-order valence-electron chi connectivity index (χ1n) is 8.13. The zero-order chi connectivity index (χ0) is 18.7. The average molecular weight is 376 g/mol. The van der Waals surface area contributed by atoms with E-state index in [0.717, 1.165) is 11.4 Å². The van der Waals surface area contributed by atoms with Crippen LogP contribution in [0.2, 0.25) is 0 Å². The molecule has 1 aromatic carbocycles. The van der Waals surface area contributed by atoms with Gasteiger partial charge in [-0.1, -0.05) is 0 Å². The Labute approximate surface area is 151 Å². The summed E-state index contributed by atoms with van der Waals surface area (Å²) in [6.07, 6.45) is 0.573. The molecule has 0 saturated carbocycles. The van der Waals surface area contributed by atoms with E-state index in [-0.39, 0.29) is 17.5 Å². The highest BCUT2D eigenvalue weighted by Gasteiger charge is 2.28. The fourth-order valence-corrected chi connectivity index (χ4v) is 4.43. The topological polar surface area (TPSA) is 110 Å². The van der Waals surface area contributed by atoms with E-state index in [9.17, 15) is 13.2 Å². The van der Waals surface area contributed by atoms with Crippen molar-refractivity contribution in [1.29, 1.82) is 0 Å². The molecule has 1 fully saturated rings. The Morgan fingerprint density at radius 2 is 1.96 bits per heavy atom. The zero-order valence-electron chi connectivity index (χ0n) is 14.5. The van der Waals surface area contributed by atoms with Gasteiger partial charge in [0.2, 0.25) is 5.95 Å². The number of aromatic nitrogens is 2. The van der Waals surface area contributed by atoms with Crippen molar-refractivity contribution in [3.05, 3.63) is 41.6 Å². The van der Waals surface area contributed by atoms with Crippen LogP contribution in [0.3, 0.4) is 0 Å². The summed E-state index contributed by atoms with van der Waals surface area (Å²) in [7, 11) is -1.62. The Kier molecular flexibility index (Phi) is 5.08. The molecule has 0 amide bonds. The van der Waals surface area contributed by atoms with Crippen LogP contribution >= 0.6 is 0 Å². The summed E-state index contributed by atoms with van der Waals surface area (Å²) in [5, 5.41) is 6.24. The van der Waals surface area contributed by atoms with E-state index in [1.807, 2.05) is 6.92 Å². The molecule has 2 aromatic rings. The van der Waals surface area contributed by atoms with Crippen LogP contribution in [0.5, 0.6) is 0 Å². The predicted molar refractivity (Wildman–Crippen MR) is 98.5 cm³/mol. The Hall–Kier alpha value is -2.68. The first-order valence-corrected chi connectivity index (χ1v) is 9.95. The van der Waals surface area contributed by atoms with Crippen LogP contribution in [0, 0.1) is 6.92 Å². The van der Waals surface area contributed by atoms with E-state index in [0.29, 0.717) is 23.8 Å². The van der Waals surface area contributed by atoms with E-state index in [4.69, 9.17) is 0 Å². The lowest BCUT2D eigenvalue weighted by molar-refractivity contribution is 0.0600. The minimum absolute atomic E-state index is 0.119. The fraction of sp³-hybridized carbons (Fsp3) is 0.353. The molecule has 2 heterocycles. The number of benzene rings is 1. The summed E-state index contributed by atoms with van der Waals surface area (Å²) in [6, 6.07) is 8.39. The highest BCUT2D eigenvalue weighted by atomic mass is 32.2. The van der Waals surface area contributed by atoms with Crippen molar-refractivity contribution >= 4 is 33.3 Å². The van der Waals surface area contributed by atoms with E-state index >= 15 is 0 Å². The fourth-order valence-electron chi connectivity index (χ4n) is 2.75. The number of hydrogen-bond acceptors (Lipinski definition) is 8. The van der Waals surface area contributed by atoms with Crippen LogP contribution < -0.4 is 10.6 Å². The van der Waals surface area contributed by atoms with Gasteiger partial charge in [-0.15, -0.1) is 0 Å². The molecule has 26 heavy (non-hydrogen) atoms. The molecule has 0 radical (unpaired) electrons. The van der Waals surface area contributed by atoms with E-state index in [1.54, 1.807) is 30.3 Å². The maximum absolute atomic E-state index is 11.6. The van der Waals surface area contributed by atoms with E-state index < -0.39 is 15.8 Å². The number of methoxy groups -OCH3 is 1. The molecule has 1 aromatic heterocycles. The lowest BCUT2D eigenvalue weighted by Gasteiger charge is -2.13. The Balaban J connectivity index is 1.72. The number of carbonyl (C=O) groups is 1. The SMILES string of the molecule is COC(=O)c1ccc(Nc2nc(C)cc(NC3CCS(=O)(=O)C3)n2)cc1. The molecule has 0 spiro atoms. The number of rotatable bonds is 5. The normalized spacial score (nSPS) is 18.3. The van der Waals surface area contributed by atoms with E-state index in [1.165, 1.54) is 7.11 Å². The molecule has 1 unspecified atom stereocenters. The molecular formula is C17H20N4O4S. The van der Waals surface area contributed by atoms with Crippen LogP contribution in [0.25, 0.3) is 0 Å². The molecule has 1 atom stereocenters. The average Bonchev–Trinajstić information content (AvgIpc) is 2.93. The maximum atomic E-state index is 11.6. The van der Waals surface area contributed by atoms with Gasteiger partial charge in [0.15, 0.2) is 9.84 Å². The summed E-state index contributed by atoms with van der Waals surface area (Å²) >= 11 is 0.